The van der Waals surface area contributed by atoms with E-state index >= 15 is 0 Å². The third kappa shape index (κ3) is 4.08. The third-order valence-electron chi connectivity index (χ3n) is 5.56. The third-order valence-corrected chi connectivity index (χ3v) is 5.56. The van der Waals surface area contributed by atoms with E-state index in [1.807, 2.05) is 18.2 Å². The first kappa shape index (κ1) is 17.2. The van der Waals surface area contributed by atoms with E-state index in [1.54, 1.807) is 0 Å². The number of likely N-dealkylation sites (tertiary alicyclic amines) is 1. The van der Waals surface area contributed by atoms with Gasteiger partial charge in [-0.1, -0.05) is 18.6 Å². The van der Waals surface area contributed by atoms with Gasteiger partial charge in [-0.2, -0.15) is 0 Å². The number of hydrogen-bond acceptors (Lipinski definition) is 4. The Morgan fingerprint density at radius 2 is 1.88 bits per heavy atom. The lowest BCUT2D eigenvalue weighted by Crippen LogP contribution is -2.37. The van der Waals surface area contributed by atoms with Gasteiger partial charge < -0.3 is 21.3 Å². The summed E-state index contributed by atoms with van der Waals surface area (Å²) in [4.78, 5) is 15.0. The summed E-state index contributed by atoms with van der Waals surface area (Å²) in [6.45, 7) is 2.84. The molecule has 1 aliphatic heterocycles. The molecule has 3 rings (SSSR count). The number of hydrogen-bond donors (Lipinski definition) is 3. The molecule has 5 heteroatoms. The molecule has 24 heavy (non-hydrogen) atoms. The number of anilines is 2. The van der Waals surface area contributed by atoms with Gasteiger partial charge in [0.05, 0.1) is 11.4 Å². The molecule has 0 bridgehead atoms. The van der Waals surface area contributed by atoms with Crippen molar-refractivity contribution in [3.8, 4) is 0 Å². The average Bonchev–Trinajstić information content (AvgIpc) is 3.07. The summed E-state index contributed by atoms with van der Waals surface area (Å²) in [5.41, 5.74) is 7.75. The number of benzene rings is 1. The molecule has 1 heterocycles. The molecular formula is C19H30N4O. The fourth-order valence-electron chi connectivity index (χ4n) is 3.98. The first-order valence-corrected chi connectivity index (χ1v) is 9.22. The summed E-state index contributed by atoms with van der Waals surface area (Å²) < 4.78 is 0. The van der Waals surface area contributed by atoms with Crippen molar-refractivity contribution < 1.29 is 4.79 Å². The average molecular weight is 330 g/mol. The second kappa shape index (κ2) is 7.99. The Balaban J connectivity index is 1.64. The van der Waals surface area contributed by atoms with Crippen LogP contribution in [0.15, 0.2) is 24.3 Å². The molecule has 1 saturated carbocycles. The van der Waals surface area contributed by atoms with Crippen molar-refractivity contribution in [2.75, 3.05) is 37.3 Å². The Bertz CT molecular complexity index is 554. The first-order chi connectivity index (χ1) is 11.7. The highest BCUT2D eigenvalue weighted by Gasteiger charge is 2.32. The van der Waals surface area contributed by atoms with Gasteiger partial charge in [-0.25, -0.2) is 0 Å². The zero-order valence-corrected chi connectivity index (χ0v) is 14.6. The highest BCUT2D eigenvalue weighted by atomic mass is 16.1. The van der Waals surface area contributed by atoms with Crippen LogP contribution in [-0.4, -0.2) is 43.5 Å². The van der Waals surface area contributed by atoms with E-state index in [4.69, 9.17) is 5.73 Å². The van der Waals surface area contributed by atoms with E-state index in [9.17, 15) is 4.79 Å². The monoisotopic (exact) mass is 330 g/mol. The maximum Gasteiger partial charge on any atom is 0.227 e. The van der Waals surface area contributed by atoms with Gasteiger partial charge in [0, 0.05) is 12.0 Å². The first-order valence-electron chi connectivity index (χ1n) is 9.22. The van der Waals surface area contributed by atoms with Gasteiger partial charge in [-0.15, -0.1) is 0 Å². The van der Waals surface area contributed by atoms with Gasteiger partial charge in [0.25, 0.3) is 0 Å². The Kier molecular flexibility index (Phi) is 5.74. The van der Waals surface area contributed by atoms with Crippen LogP contribution in [0.2, 0.25) is 0 Å². The molecule has 2 aliphatic rings. The number of nitrogens with one attached hydrogen (secondary N) is 2. The highest BCUT2D eigenvalue weighted by Crippen LogP contribution is 2.33. The Hall–Kier alpha value is -1.59. The van der Waals surface area contributed by atoms with Crippen LogP contribution in [0.25, 0.3) is 0 Å². The number of rotatable bonds is 5. The zero-order chi connectivity index (χ0) is 16.9. The summed E-state index contributed by atoms with van der Waals surface area (Å²) in [5.74, 6) is 0.519. The lowest BCUT2D eigenvalue weighted by molar-refractivity contribution is -0.120. The van der Waals surface area contributed by atoms with E-state index < -0.39 is 0 Å². The smallest absolute Gasteiger partial charge is 0.227 e. The minimum absolute atomic E-state index is 0.0615. The van der Waals surface area contributed by atoms with E-state index in [0.29, 0.717) is 18.5 Å². The summed E-state index contributed by atoms with van der Waals surface area (Å²) in [5, 5.41) is 6.77. The quantitative estimate of drug-likeness (QED) is 0.776. The van der Waals surface area contributed by atoms with Crippen molar-refractivity contribution in [2.45, 2.75) is 38.1 Å². The van der Waals surface area contributed by atoms with Gasteiger partial charge >= 0.3 is 0 Å². The van der Waals surface area contributed by atoms with E-state index in [2.05, 4.69) is 28.6 Å². The maximum atomic E-state index is 12.7. The highest BCUT2D eigenvalue weighted by molar-refractivity contribution is 5.96. The second-order valence-electron chi connectivity index (χ2n) is 7.29. The molecule has 4 N–H and O–H groups in total. The summed E-state index contributed by atoms with van der Waals surface area (Å²) in [6.07, 6.45) is 5.41. The number of nitrogens with two attached hydrogens (primary N) is 1. The fraction of sp³-hybridized carbons (Fsp3) is 0.632. The Labute approximate surface area is 145 Å². The lowest BCUT2D eigenvalue weighted by atomic mass is 9.95. The van der Waals surface area contributed by atoms with Crippen LogP contribution < -0.4 is 16.4 Å². The van der Waals surface area contributed by atoms with Gasteiger partial charge in [0.1, 0.15) is 0 Å². The molecule has 0 unspecified atom stereocenters. The van der Waals surface area contributed by atoms with Crippen molar-refractivity contribution in [1.29, 1.82) is 0 Å². The minimum Gasteiger partial charge on any atom is -0.381 e. The van der Waals surface area contributed by atoms with Crippen molar-refractivity contribution in [2.24, 2.45) is 17.6 Å². The predicted molar refractivity (Wildman–Crippen MR) is 99.1 cm³/mol. The molecule has 0 spiro atoms. The molecule has 0 radical (unpaired) electrons. The summed E-state index contributed by atoms with van der Waals surface area (Å²) >= 11 is 0. The van der Waals surface area contributed by atoms with Crippen LogP contribution in [-0.2, 0) is 4.79 Å². The molecule has 1 aromatic rings. The molecule has 1 aromatic carbocycles. The van der Waals surface area contributed by atoms with Crippen molar-refractivity contribution in [3.05, 3.63) is 24.3 Å². The Morgan fingerprint density at radius 3 is 2.58 bits per heavy atom. The fourth-order valence-corrected chi connectivity index (χ4v) is 3.98. The predicted octanol–water partition coefficient (Wildman–Crippen LogP) is 2.51. The van der Waals surface area contributed by atoms with E-state index in [1.165, 1.54) is 0 Å². The largest absolute Gasteiger partial charge is 0.381 e. The van der Waals surface area contributed by atoms with Crippen molar-refractivity contribution in [1.82, 2.24) is 4.90 Å². The van der Waals surface area contributed by atoms with Crippen molar-refractivity contribution >= 4 is 17.3 Å². The molecule has 1 amide bonds. The number of nitrogens with zero attached hydrogens (tertiary/aromatic N) is 1. The van der Waals surface area contributed by atoms with Crippen LogP contribution in [0.4, 0.5) is 11.4 Å². The molecule has 1 aliphatic carbocycles. The molecular weight excluding hydrogens is 300 g/mol. The van der Waals surface area contributed by atoms with Crippen LogP contribution in [0.3, 0.4) is 0 Å². The standard InChI is InChI=1S/C19H30N4O/c1-23-11-9-15(10-12-23)21-17-7-2-3-8-18(17)22-19(24)16-6-4-5-14(16)13-20/h2-3,7-8,14-16,21H,4-6,9-13,20H2,1H3,(H,22,24)/t14-,16-/m1/s1. The second-order valence-corrected chi connectivity index (χ2v) is 7.29. The SMILES string of the molecule is CN1CCC(Nc2ccccc2NC(=O)[C@@H]2CCC[C@@H]2CN)CC1. The lowest BCUT2D eigenvalue weighted by Gasteiger charge is -2.30. The number of para-hydroxylation sites is 2. The van der Waals surface area contributed by atoms with Crippen LogP contribution in [0.1, 0.15) is 32.1 Å². The molecule has 1 saturated heterocycles. The van der Waals surface area contributed by atoms with Crippen molar-refractivity contribution in [3.63, 3.8) is 0 Å². The van der Waals surface area contributed by atoms with Gasteiger partial charge in [0.2, 0.25) is 5.91 Å². The molecule has 132 valence electrons. The normalized spacial score (nSPS) is 25.6. The zero-order valence-electron chi connectivity index (χ0n) is 14.6. The van der Waals surface area contributed by atoms with Gasteiger partial charge in [0.15, 0.2) is 0 Å². The maximum absolute atomic E-state index is 12.7. The number of piperidine rings is 1. The Morgan fingerprint density at radius 1 is 1.17 bits per heavy atom. The van der Waals surface area contributed by atoms with Crippen LogP contribution in [0, 0.1) is 11.8 Å². The van der Waals surface area contributed by atoms with Crippen LogP contribution >= 0.6 is 0 Å². The van der Waals surface area contributed by atoms with E-state index in [0.717, 1.165) is 56.6 Å². The number of carbonyl (C=O) groups excluding carboxylic acids is 1. The van der Waals surface area contributed by atoms with E-state index in [-0.39, 0.29) is 11.8 Å². The minimum atomic E-state index is 0.0615. The number of amides is 1. The molecule has 0 aromatic heterocycles. The van der Waals surface area contributed by atoms with Gasteiger partial charge in [-0.3, -0.25) is 4.79 Å². The van der Waals surface area contributed by atoms with Gasteiger partial charge in [-0.05, 0) is 70.4 Å². The topological polar surface area (TPSA) is 70.4 Å². The summed E-state index contributed by atoms with van der Waals surface area (Å²) in [7, 11) is 2.17. The molecule has 5 nitrogen and oxygen atoms in total. The van der Waals surface area contributed by atoms with Crippen LogP contribution in [0.5, 0.6) is 0 Å². The molecule has 2 atom stereocenters. The number of carbonyl (C=O) groups is 1. The summed E-state index contributed by atoms with van der Waals surface area (Å²) in [6, 6.07) is 8.52. The molecule has 2 fully saturated rings.